The molecule has 4 rings (SSSR count). The molecule has 0 N–H and O–H groups in total. The SMILES string of the molecule is O=S(=O)(c1ccc(-c2cc(C(F)(F)F)on2)s1)N1CCN(C2CCCCC2)CC1. The van der Waals surface area contributed by atoms with Gasteiger partial charge in [-0.2, -0.15) is 17.5 Å². The number of rotatable bonds is 4. The Kier molecular flexibility index (Phi) is 5.75. The summed E-state index contributed by atoms with van der Waals surface area (Å²) >= 11 is 0.906. The van der Waals surface area contributed by atoms with E-state index >= 15 is 0 Å². The molecule has 2 aromatic heterocycles. The Balaban J connectivity index is 1.44. The van der Waals surface area contributed by atoms with Gasteiger partial charge in [0.2, 0.25) is 5.76 Å². The van der Waals surface area contributed by atoms with Crippen LogP contribution in [-0.4, -0.2) is 55.0 Å². The third kappa shape index (κ3) is 4.37. The number of hydrogen-bond acceptors (Lipinski definition) is 6. The van der Waals surface area contributed by atoms with Crippen LogP contribution in [0.2, 0.25) is 0 Å². The first-order chi connectivity index (χ1) is 13.7. The van der Waals surface area contributed by atoms with Crippen LogP contribution < -0.4 is 0 Å². The second-order valence-electron chi connectivity index (χ2n) is 7.42. The van der Waals surface area contributed by atoms with Gasteiger partial charge in [0.15, 0.2) is 0 Å². The van der Waals surface area contributed by atoms with Crippen molar-refractivity contribution in [3.8, 4) is 10.6 Å². The Bertz CT molecular complexity index is 941. The van der Waals surface area contributed by atoms with Gasteiger partial charge >= 0.3 is 6.18 Å². The van der Waals surface area contributed by atoms with E-state index in [-0.39, 0.29) is 9.90 Å². The van der Waals surface area contributed by atoms with E-state index in [1.54, 1.807) is 0 Å². The Labute approximate surface area is 171 Å². The quantitative estimate of drug-likeness (QED) is 0.704. The lowest BCUT2D eigenvalue weighted by Gasteiger charge is -2.40. The van der Waals surface area contributed by atoms with Gasteiger partial charge in [-0.25, -0.2) is 8.42 Å². The number of halogens is 3. The van der Waals surface area contributed by atoms with Crippen molar-refractivity contribution in [2.24, 2.45) is 0 Å². The van der Waals surface area contributed by atoms with Gasteiger partial charge in [-0.1, -0.05) is 24.4 Å². The molecular weight excluding hydrogens is 427 g/mol. The maximum absolute atomic E-state index is 13.0. The average Bonchev–Trinajstić information content (AvgIpc) is 3.38. The summed E-state index contributed by atoms with van der Waals surface area (Å²) in [4.78, 5) is 2.71. The van der Waals surface area contributed by atoms with Gasteiger partial charge in [0.25, 0.3) is 10.0 Å². The topological polar surface area (TPSA) is 66.7 Å². The Hall–Kier alpha value is -1.43. The highest BCUT2D eigenvalue weighted by molar-refractivity contribution is 7.91. The molecule has 1 saturated carbocycles. The molecule has 0 aromatic carbocycles. The minimum Gasteiger partial charge on any atom is -0.351 e. The van der Waals surface area contributed by atoms with Crippen LogP contribution in [0.1, 0.15) is 37.9 Å². The van der Waals surface area contributed by atoms with Crippen LogP contribution >= 0.6 is 11.3 Å². The molecule has 160 valence electrons. The molecule has 2 fully saturated rings. The first-order valence-electron chi connectivity index (χ1n) is 9.63. The van der Waals surface area contributed by atoms with Crippen LogP contribution in [0.3, 0.4) is 0 Å². The zero-order valence-electron chi connectivity index (χ0n) is 15.7. The van der Waals surface area contributed by atoms with Gasteiger partial charge in [0, 0.05) is 38.3 Å². The standard InChI is InChI=1S/C18H22F3N3O3S2/c19-18(20,21)16-12-14(22-27-16)15-6-7-17(28-15)29(25,26)24-10-8-23(9-11-24)13-4-2-1-3-5-13/h6-7,12-13H,1-5,8-11H2. The molecular formula is C18H22F3N3O3S2. The van der Waals surface area contributed by atoms with Crippen LogP contribution in [0.25, 0.3) is 10.6 Å². The Morgan fingerprint density at radius 2 is 1.76 bits per heavy atom. The van der Waals surface area contributed by atoms with Crippen molar-refractivity contribution in [2.45, 2.75) is 48.5 Å². The molecule has 0 atom stereocenters. The van der Waals surface area contributed by atoms with Crippen LogP contribution in [0.15, 0.2) is 26.9 Å². The molecule has 3 heterocycles. The number of thiophene rings is 1. The van der Waals surface area contributed by atoms with Gasteiger partial charge in [0.1, 0.15) is 9.90 Å². The predicted molar refractivity (Wildman–Crippen MR) is 102 cm³/mol. The zero-order valence-corrected chi connectivity index (χ0v) is 17.3. The molecule has 0 unspecified atom stereocenters. The molecule has 0 amide bonds. The van der Waals surface area contributed by atoms with E-state index in [1.165, 1.54) is 48.5 Å². The number of aromatic nitrogens is 1. The summed E-state index contributed by atoms with van der Waals surface area (Å²) in [5, 5.41) is 3.42. The van der Waals surface area contributed by atoms with Crippen LogP contribution in [0.5, 0.6) is 0 Å². The second kappa shape index (κ2) is 8.01. The zero-order chi connectivity index (χ0) is 20.6. The van der Waals surface area contributed by atoms with Crippen LogP contribution in [0.4, 0.5) is 13.2 Å². The highest BCUT2D eigenvalue weighted by Crippen LogP contribution is 2.36. The summed E-state index contributed by atoms with van der Waals surface area (Å²) in [6, 6.07) is 4.22. The first-order valence-corrected chi connectivity index (χ1v) is 11.9. The fraction of sp³-hybridized carbons (Fsp3) is 0.611. The lowest BCUT2D eigenvalue weighted by Crippen LogP contribution is -2.52. The molecule has 2 aliphatic rings. The summed E-state index contributed by atoms with van der Waals surface area (Å²) in [6.07, 6.45) is 1.48. The van der Waals surface area contributed by atoms with Crippen molar-refractivity contribution in [1.82, 2.24) is 14.4 Å². The molecule has 1 aliphatic heterocycles. The number of hydrogen-bond donors (Lipinski definition) is 0. The number of nitrogens with zero attached hydrogens (tertiary/aromatic N) is 3. The van der Waals surface area contributed by atoms with Crippen molar-refractivity contribution in [1.29, 1.82) is 0 Å². The molecule has 0 bridgehead atoms. The van der Waals surface area contributed by atoms with Gasteiger partial charge in [-0.05, 0) is 25.0 Å². The van der Waals surface area contributed by atoms with Crippen LogP contribution in [-0.2, 0) is 16.2 Å². The van der Waals surface area contributed by atoms with E-state index in [0.717, 1.165) is 17.4 Å². The molecule has 29 heavy (non-hydrogen) atoms. The maximum Gasteiger partial charge on any atom is 0.452 e. The van der Waals surface area contributed by atoms with Gasteiger partial charge in [-0.3, -0.25) is 4.90 Å². The summed E-state index contributed by atoms with van der Waals surface area (Å²) < 4.78 is 69.9. The van der Waals surface area contributed by atoms with Crippen molar-refractivity contribution in [3.05, 3.63) is 24.0 Å². The van der Waals surface area contributed by atoms with Gasteiger partial charge in [-0.15, -0.1) is 11.3 Å². The highest BCUT2D eigenvalue weighted by Gasteiger charge is 2.37. The summed E-state index contributed by atoms with van der Waals surface area (Å²) in [6.45, 7) is 2.27. The van der Waals surface area contributed by atoms with E-state index in [4.69, 9.17) is 0 Å². The number of piperazine rings is 1. The minimum absolute atomic E-state index is 0.0223. The first kappa shape index (κ1) is 20.8. The van der Waals surface area contributed by atoms with Crippen molar-refractivity contribution >= 4 is 21.4 Å². The minimum atomic E-state index is -4.63. The molecule has 11 heteroatoms. The third-order valence-electron chi connectivity index (χ3n) is 5.58. The maximum atomic E-state index is 13.0. The average molecular weight is 450 g/mol. The van der Waals surface area contributed by atoms with Gasteiger partial charge < -0.3 is 4.52 Å². The monoisotopic (exact) mass is 449 g/mol. The Morgan fingerprint density at radius 3 is 2.38 bits per heavy atom. The van der Waals surface area contributed by atoms with E-state index in [9.17, 15) is 21.6 Å². The fourth-order valence-electron chi connectivity index (χ4n) is 4.00. The van der Waals surface area contributed by atoms with Crippen molar-refractivity contribution in [2.75, 3.05) is 26.2 Å². The van der Waals surface area contributed by atoms with Gasteiger partial charge in [0.05, 0.1) is 4.88 Å². The molecule has 1 aliphatic carbocycles. The normalized spacial score (nSPS) is 20.9. The van der Waals surface area contributed by atoms with E-state index in [0.29, 0.717) is 37.1 Å². The molecule has 1 saturated heterocycles. The number of sulfonamides is 1. The Morgan fingerprint density at radius 1 is 1.07 bits per heavy atom. The largest absolute Gasteiger partial charge is 0.452 e. The fourth-order valence-corrected chi connectivity index (χ4v) is 6.84. The summed E-state index contributed by atoms with van der Waals surface area (Å²) in [7, 11) is -3.68. The highest BCUT2D eigenvalue weighted by atomic mass is 32.2. The molecule has 0 radical (unpaired) electrons. The van der Waals surface area contributed by atoms with E-state index < -0.39 is 22.0 Å². The van der Waals surface area contributed by atoms with E-state index in [1.807, 2.05) is 0 Å². The predicted octanol–water partition coefficient (Wildman–Crippen LogP) is 4.06. The third-order valence-corrected chi connectivity index (χ3v) is 9.06. The molecule has 2 aromatic rings. The summed E-state index contributed by atoms with van der Waals surface area (Å²) in [5.41, 5.74) is -0.0223. The smallest absolute Gasteiger partial charge is 0.351 e. The van der Waals surface area contributed by atoms with Crippen LogP contribution in [0, 0.1) is 0 Å². The number of alkyl halides is 3. The van der Waals surface area contributed by atoms with Crippen molar-refractivity contribution in [3.63, 3.8) is 0 Å². The second-order valence-corrected chi connectivity index (χ2v) is 10.7. The van der Waals surface area contributed by atoms with E-state index in [2.05, 4.69) is 14.6 Å². The summed E-state index contributed by atoms with van der Waals surface area (Å²) in [5.74, 6) is -1.20. The molecule has 0 spiro atoms. The lowest BCUT2D eigenvalue weighted by molar-refractivity contribution is -0.155. The lowest BCUT2D eigenvalue weighted by atomic mass is 9.94. The molecule has 6 nitrogen and oxygen atoms in total. The van der Waals surface area contributed by atoms with Crippen molar-refractivity contribution < 1.29 is 26.1 Å².